The first kappa shape index (κ1) is 21.8. The monoisotopic (exact) mass is 367 g/mol. The van der Waals surface area contributed by atoms with Crippen molar-refractivity contribution in [3.63, 3.8) is 0 Å². The maximum absolute atomic E-state index is 11.6. The minimum Gasteiger partial charge on any atom is -0.495 e. The van der Waals surface area contributed by atoms with E-state index in [1.165, 1.54) is 14.0 Å². The van der Waals surface area contributed by atoms with Gasteiger partial charge in [0.05, 0.1) is 19.2 Å². The maximum atomic E-state index is 11.6. The average Bonchev–Trinajstić information content (AvgIpc) is 2.71. The number of hydrogen-bond donors (Lipinski definition) is 1. The van der Waals surface area contributed by atoms with Crippen molar-refractivity contribution in [3.8, 4) is 17.6 Å². The first-order chi connectivity index (χ1) is 13.1. The van der Waals surface area contributed by atoms with Crippen molar-refractivity contribution >= 4 is 11.9 Å². The third-order valence-corrected chi connectivity index (χ3v) is 3.36. The third-order valence-electron chi connectivity index (χ3n) is 3.36. The molecule has 5 nitrogen and oxygen atoms in total. The number of alkyl carbamates (subject to hydrolysis) is 1. The Morgan fingerprint density at radius 3 is 2.41 bits per heavy atom. The van der Waals surface area contributed by atoms with E-state index in [2.05, 4.69) is 17.2 Å². The highest BCUT2D eigenvalue weighted by atomic mass is 16.5. The van der Waals surface area contributed by atoms with Crippen molar-refractivity contribution in [1.82, 2.24) is 5.32 Å². The van der Waals surface area contributed by atoms with Crippen LogP contribution >= 0.6 is 0 Å². The van der Waals surface area contributed by atoms with Gasteiger partial charge in [0.1, 0.15) is 12.4 Å². The molecule has 0 aliphatic rings. The van der Waals surface area contributed by atoms with E-state index in [0.29, 0.717) is 16.9 Å². The summed E-state index contributed by atoms with van der Waals surface area (Å²) in [6.07, 6.45) is -0.539. The molecule has 27 heavy (non-hydrogen) atoms. The van der Waals surface area contributed by atoms with Gasteiger partial charge in [-0.2, -0.15) is 0 Å². The van der Waals surface area contributed by atoms with Crippen LogP contribution < -0.4 is 10.1 Å². The molecular formula is C22H25NO4. The standard InChI is InChI=1S/C20H19NO4.C2H6/c1-15(22)17-10-11-19(24-2)18(13-17)9-6-12-21-20(23)25-14-16-7-4-3-5-8-16;1-2/h3-5,7-8,10-11,13H,12,14H2,1-2H3,(H,21,23);1-2H3. The Labute approximate surface area is 160 Å². The Morgan fingerprint density at radius 2 is 1.78 bits per heavy atom. The Bertz CT molecular complexity index is 804. The van der Waals surface area contributed by atoms with Crippen LogP contribution in [0.25, 0.3) is 0 Å². The van der Waals surface area contributed by atoms with E-state index >= 15 is 0 Å². The normalized spacial score (nSPS) is 9.04. The Kier molecular flexibility index (Phi) is 9.80. The Hall–Kier alpha value is -3.26. The Balaban J connectivity index is 0.00000176. The van der Waals surface area contributed by atoms with Gasteiger partial charge in [0.2, 0.25) is 0 Å². The number of Topliss-reactive ketones (excluding diaryl/α,β-unsaturated/α-hetero) is 1. The van der Waals surface area contributed by atoms with Crippen molar-refractivity contribution in [1.29, 1.82) is 0 Å². The van der Waals surface area contributed by atoms with E-state index in [0.717, 1.165) is 5.56 Å². The SMILES string of the molecule is CC.COc1ccc(C(C)=O)cc1C#CCNC(=O)OCc1ccccc1. The van der Waals surface area contributed by atoms with Gasteiger partial charge in [-0.25, -0.2) is 4.79 Å². The fraction of sp³-hybridized carbons (Fsp3) is 0.273. The van der Waals surface area contributed by atoms with E-state index in [1.54, 1.807) is 18.2 Å². The molecule has 0 aromatic heterocycles. The molecule has 0 atom stereocenters. The van der Waals surface area contributed by atoms with Gasteiger partial charge in [-0.3, -0.25) is 4.79 Å². The summed E-state index contributed by atoms with van der Waals surface area (Å²) in [5.41, 5.74) is 2.06. The minimum atomic E-state index is -0.539. The number of ketones is 1. The van der Waals surface area contributed by atoms with Gasteiger partial charge >= 0.3 is 6.09 Å². The van der Waals surface area contributed by atoms with Crippen molar-refractivity contribution in [2.24, 2.45) is 0 Å². The van der Waals surface area contributed by atoms with Crippen LogP contribution in [0.1, 0.15) is 42.3 Å². The summed E-state index contributed by atoms with van der Waals surface area (Å²) < 4.78 is 10.3. The summed E-state index contributed by atoms with van der Waals surface area (Å²) in [4.78, 5) is 23.1. The maximum Gasteiger partial charge on any atom is 0.408 e. The van der Waals surface area contributed by atoms with Crippen LogP contribution in [0.15, 0.2) is 48.5 Å². The number of ether oxygens (including phenoxy) is 2. The van der Waals surface area contributed by atoms with Crippen LogP contribution in [0.3, 0.4) is 0 Å². The number of carbonyl (C=O) groups is 2. The summed E-state index contributed by atoms with van der Waals surface area (Å²) in [6.45, 7) is 5.82. The van der Waals surface area contributed by atoms with Gasteiger partial charge < -0.3 is 14.8 Å². The Morgan fingerprint density at radius 1 is 1.07 bits per heavy atom. The summed E-state index contributed by atoms with van der Waals surface area (Å²) in [5, 5.41) is 2.56. The van der Waals surface area contributed by atoms with Crippen LogP contribution in [0, 0.1) is 11.8 Å². The summed E-state index contributed by atoms with van der Waals surface area (Å²) in [7, 11) is 1.53. The van der Waals surface area contributed by atoms with Gasteiger partial charge in [-0.05, 0) is 30.7 Å². The molecule has 0 radical (unpaired) electrons. The molecule has 0 aliphatic heterocycles. The fourth-order valence-corrected chi connectivity index (χ4v) is 2.05. The molecule has 2 aromatic carbocycles. The molecule has 0 aliphatic carbocycles. The van der Waals surface area contributed by atoms with Crippen LogP contribution in [-0.2, 0) is 11.3 Å². The lowest BCUT2D eigenvalue weighted by molar-refractivity contribution is 0.101. The second-order valence-electron chi connectivity index (χ2n) is 5.19. The highest BCUT2D eigenvalue weighted by Gasteiger charge is 2.05. The second kappa shape index (κ2) is 12.2. The molecule has 0 saturated heterocycles. The van der Waals surface area contributed by atoms with Gasteiger partial charge in [0.15, 0.2) is 5.78 Å². The molecule has 0 saturated carbocycles. The zero-order valence-corrected chi connectivity index (χ0v) is 16.2. The van der Waals surface area contributed by atoms with Crippen molar-refractivity contribution in [3.05, 3.63) is 65.2 Å². The summed E-state index contributed by atoms with van der Waals surface area (Å²) >= 11 is 0. The molecule has 0 fully saturated rings. The van der Waals surface area contributed by atoms with Gasteiger partial charge in [-0.15, -0.1) is 0 Å². The second-order valence-corrected chi connectivity index (χ2v) is 5.19. The van der Waals surface area contributed by atoms with Crippen molar-refractivity contribution in [2.75, 3.05) is 13.7 Å². The zero-order chi connectivity index (χ0) is 20.1. The van der Waals surface area contributed by atoms with Crippen LogP contribution in [-0.4, -0.2) is 25.5 Å². The predicted molar refractivity (Wildman–Crippen MR) is 106 cm³/mol. The topological polar surface area (TPSA) is 64.6 Å². The fourth-order valence-electron chi connectivity index (χ4n) is 2.05. The van der Waals surface area contributed by atoms with Gasteiger partial charge in [0, 0.05) is 5.56 Å². The number of benzene rings is 2. The van der Waals surface area contributed by atoms with E-state index in [9.17, 15) is 9.59 Å². The first-order valence-corrected chi connectivity index (χ1v) is 8.72. The summed E-state index contributed by atoms with van der Waals surface area (Å²) in [5.74, 6) is 6.23. The molecule has 1 N–H and O–H groups in total. The third kappa shape index (κ3) is 7.66. The van der Waals surface area contributed by atoms with Crippen LogP contribution in [0.5, 0.6) is 5.75 Å². The highest BCUT2D eigenvalue weighted by molar-refractivity contribution is 5.94. The largest absolute Gasteiger partial charge is 0.495 e. The number of rotatable bonds is 5. The van der Waals surface area contributed by atoms with E-state index in [4.69, 9.17) is 9.47 Å². The molecule has 5 heteroatoms. The number of amides is 1. The van der Waals surface area contributed by atoms with Crippen LogP contribution in [0.2, 0.25) is 0 Å². The molecule has 0 unspecified atom stereocenters. The van der Waals surface area contributed by atoms with Crippen molar-refractivity contribution in [2.45, 2.75) is 27.4 Å². The lowest BCUT2D eigenvalue weighted by Crippen LogP contribution is -2.24. The number of methoxy groups -OCH3 is 1. The number of nitrogens with one attached hydrogen (secondary N) is 1. The zero-order valence-electron chi connectivity index (χ0n) is 16.2. The molecule has 0 bridgehead atoms. The first-order valence-electron chi connectivity index (χ1n) is 8.72. The van der Waals surface area contributed by atoms with E-state index in [-0.39, 0.29) is 18.9 Å². The van der Waals surface area contributed by atoms with E-state index in [1.807, 2.05) is 44.2 Å². The quantitative estimate of drug-likeness (QED) is 0.635. The van der Waals surface area contributed by atoms with Gasteiger partial charge in [0.25, 0.3) is 0 Å². The summed E-state index contributed by atoms with van der Waals surface area (Å²) in [6, 6.07) is 14.5. The molecule has 2 rings (SSSR count). The minimum absolute atomic E-state index is 0.0479. The number of carbonyl (C=O) groups excluding carboxylic acids is 2. The molecule has 142 valence electrons. The van der Waals surface area contributed by atoms with Crippen LogP contribution in [0.4, 0.5) is 4.79 Å². The number of hydrogen-bond acceptors (Lipinski definition) is 4. The van der Waals surface area contributed by atoms with Crippen molar-refractivity contribution < 1.29 is 19.1 Å². The lowest BCUT2D eigenvalue weighted by Gasteiger charge is -2.05. The predicted octanol–water partition coefficient (Wildman–Crippen LogP) is 4.20. The molecule has 2 aromatic rings. The molecular weight excluding hydrogens is 342 g/mol. The average molecular weight is 367 g/mol. The molecule has 0 spiro atoms. The van der Waals surface area contributed by atoms with E-state index < -0.39 is 6.09 Å². The molecule has 1 amide bonds. The molecule has 0 heterocycles. The highest BCUT2D eigenvalue weighted by Crippen LogP contribution is 2.19. The smallest absolute Gasteiger partial charge is 0.408 e. The lowest BCUT2D eigenvalue weighted by atomic mass is 10.1. The van der Waals surface area contributed by atoms with Gasteiger partial charge in [-0.1, -0.05) is 56.0 Å².